The summed E-state index contributed by atoms with van der Waals surface area (Å²) in [5.41, 5.74) is -0.285. The van der Waals surface area contributed by atoms with E-state index in [2.05, 4.69) is 15.0 Å². The fourth-order valence-corrected chi connectivity index (χ4v) is 2.38. The van der Waals surface area contributed by atoms with Gasteiger partial charge in [0.25, 0.3) is 5.91 Å². The van der Waals surface area contributed by atoms with Gasteiger partial charge in [-0.2, -0.15) is 13.2 Å². The van der Waals surface area contributed by atoms with Crippen LogP contribution in [0.1, 0.15) is 15.9 Å². The summed E-state index contributed by atoms with van der Waals surface area (Å²) < 4.78 is 37.5. The molecule has 23 heavy (non-hydrogen) atoms. The molecule has 0 saturated carbocycles. The summed E-state index contributed by atoms with van der Waals surface area (Å²) in [5, 5.41) is 0. The molecule has 3 rings (SSSR count). The van der Waals surface area contributed by atoms with E-state index < -0.39 is 11.7 Å². The lowest BCUT2D eigenvalue weighted by molar-refractivity contribution is -0.138. The standard InChI is InChI=1S/C14H14F3N5O/c15-14(16,17)11-8-19-13(20-9-11)22-5-3-21(4-6-22)12(23)10-1-2-18-7-10/h1-2,7-9,18H,3-6H2. The van der Waals surface area contributed by atoms with E-state index in [0.717, 1.165) is 12.4 Å². The number of carbonyl (C=O) groups is 1. The molecule has 1 amide bonds. The van der Waals surface area contributed by atoms with E-state index in [9.17, 15) is 18.0 Å². The number of anilines is 1. The van der Waals surface area contributed by atoms with Gasteiger partial charge >= 0.3 is 6.18 Å². The zero-order valence-electron chi connectivity index (χ0n) is 12.0. The molecule has 2 aromatic rings. The molecule has 1 fully saturated rings. The summed E-state index contributed by atoms with van der Waals surface area (Å²) in [7, 11) is 0. The van der Waals surface area contributed by atoms with Crippen molar-refractivity contribution in [3.05, 3.63) is 42.0 Å². The van der Waals surface area contributed by atoms with Gasteiger partial charge in [-0.25, -0.2) is 9.97 Å². The first-order valence-electron chi connectivity index (χ1n) is 7.01. The van der Waals surface area contributed by atoms with Gasteiger partial charge in [0.05, 0.1) is 11.1 Å². The predicted molar refractivity (Wildman–Crippen MR) is 75.9 cm³/mol. The molecule has 0 aliphatic carbocycles. The van der Waals surface area contributed by atoms with E-state index in [1.807, 2.05) is 0 Å². The molecular formula is C14H14F3N5O. The van der Waals surface area contributed by atoms with E-state index in [0.29, 0.717) is 31.7 Å². The number of rotatable bonds is 2. The third-order valence-corrected chi connectivity index (χ3v) is 3.66. The molecule has 0 unspecified atom stereocenters. The van der Waals surface area contributed by atoms with Crippen molar-refractivity contribution in [3.8, 4) is 0 Å². The van der Waals surface area contributed by atoms with E-state index in [4.69, 9.17) is 0 Å². The van der Waals surface area contributed by atoms with Crippen molar-refractivity contribution in [2.75, 3.05) is 31.1 Å². The molecule has 122 valence electrons. The van der Waals surface area contributed by atoms with Crippen LogP contribution < -0.4 is 4.90 Å². The van der Waals surface area contributed by atoms with Gasteiger partial charge in [-0.15, -0.1) is 0 Å². The summed E-state index contributed by atoms with van der Waals surface area (Å²) in [6, 6.07) is 1.70. The molecule has 1 saturated heterocycles. The van der Waals surface area contributed by atoms with E-state index in [-0.39, 0.29) is 11.9 Å². The predicted octanol–water partition coefficient (Wildman–Crippen LogP) is 1.79. The monoisotopic (exact) mass is 325 g/mol. The summed E-state index contributed by atoms with van der Waals surface area (Å²) >= 11 is 0. The first-order chi connectivity index (χ1) is 10.9. The molecule has 0 spiro atoms. The molecule has 0 aromatic carbocycles. The number of aromatic nitrogens is 3. The Labute approximate surface area is 129 Å². The highest BCUT2D eigenvalue weighted by molar-refractivity contribution is 5.94. The molecular weight excluding hydrogens is 311 g/mol. The van der Waals surface area contributed by atoms with Crippen LogP contribution in [0.3, 0.4) is 0 Å². The van der Waals surface area contributed by atoms with Crippen molar-refractivity contribution in [3.63, 3.8) is 0 Å². The summed E-state index contributed by atoms with van der Waals surface area (Å²) in [4.78, 5) is 26.0. The lowest BCUT2D eigenvalue weighted by Gasteiger charge is -2.34. The number of aromatic amines is 1. The van der Waals surface area contributed by atoms with Crippen molar-refractivity contribution < 1.29 is 18.0 Å². The SMILES string of the molecule is O=C(c1cc[nH]c1)N1CCN(c2ncc(C(F)(F)F)cn2)CC1. The van der Waals surface area contributed by atoms with E-state index in [1.54, 1.807) is 28.3 Å². The minimum atomic E-state index is -4.44. The first kappa shape index (κ1) is 15.3. The number of hydrogen-bond donors (Lipinski definition) is 1. The lowest BCUT2D eigenvalue weighted by atomic mass is 10.2. The maximum atomic E-state index is 12.5. The average molecular weight is 325 g/mol. The molecule has 0 radical (unpaired) electrons. The number of amides is 1. The fraction of sp³-hybridized carbons (Fsp3) is 0.357. The third kappa shape index (κ3) is 3.27. The second kappa shape index (κ2) is 5.90. The van der Waals surface area contributed by atoms with Gasteiger partial charge in [0.15, 0.2) is 0 Å². The molecule has 3 heterocycles. The summed E-state index contributed by atoms with van der Waals surface area (Å²) in [5.74, 6) is 0.172. The Bertz CT molecular complexity index is 661. The average Bonchev–Trinajstić information content (AvgIpc) is 3.08. The van der Waals surface area contributed by atoms with Gasteiger partial charge in [-0.3, -0.25) is 4.79 Å². The van der Waals surface area contributed by atoms with Crippen LogP contribution in [0.15, 0.2) is 30.9 Å². The molecule has 0 atom stereocenters. The number of alkyl halides is 3. The summed E-state index contributed by atoms with van der Waals surface area (Å²) in [6.07, 6.45) is 0.423. The molecule has 2 aromatic heterocycles. The van der Waals surface area contributed by atoms with Gasteiger partial charge in [0.1, 0.15) is 0 Å². The number of halogens is 3. The maximum Gasteiger partial charge on any atom is 0.419 e. The first-order valence-corrected chi connectivity index (χ1v) is 7.01. The van der Waals surface area contributed by atoms with Crippen molar-refractivity contribution in [2.24, 2.45) is 0 Å². The number of hydrogen-bond acceptors (Lipinski definition) is 4. The second-order valence-corrected chi connectivity index (χ2v) is 5.15. The Balaban J connectivity index is 1.62. The number of H-pyrrole nitrogens is 1. The van der Waals surface area contributed by atoms with Gasteiger partial charge in [0.2, 0.25) is 5.95 Å². The van der Waals surface area contributed by atoms with Crippen LogP contribution in [0.2, 0.25) is 0 Å². The van der Waals surface area contributed by atoms with Crippen LogP contribution in [0.25, 0.3) is 0 Å². The van der Waals surface area contributed by atoms with Crippen LogP contribution in [0.5, 0.6) is 0 Å². The van der Waals surface area contributed by atoms with Crippen LogP contribution in [-0.4, -0.2) is 51.9 Å². The van der Waals surface area contributed by atoms with Gasteiger partial charge < -0.3 is 14.8 Å². The molecule has 1 N–H and O–H groups in total. The van der Waals surface area contributed by atoms with Crippen LogP contribution in [0, 0.1) is 0 Å². The van der Waals surface area contributed by atoms with E-state index >= 15 is 0 Å². The van der Waals surface area contributed by atoms with Gasteiger partial charge in [0, 0.05) is 51.0 Å². The third-order valence-electron chi connectivity index (χ3n) is 3.66. The quantitative estimate of drug-likeness (QED) is 0.914. The Morgan fingerprint density at radius 3 is 2.30 bits per heavy atom. The van der Waals surface area contributed by atoms with Crippen molar-refractivity contribution in [1.29, 1.82) is 0 Å². The zero-order valence-corrected chi connectivity index (χ0v) is 12.0. The minimum Gasteiger partial charge on any atom is -0.367 e. The number of piperazine rings is 1. The largest absolute Gasteiger partial charge is 0.419 e. The topological polar surface area (TPSA) is 65.1 Å². The number of nitrogens with one attached hydrogen (secondary N) is 1. The van der Waals surface area contributed by atoms with Crippen LogP contribution in [-0.2, 0) is 6.18 Å². The van der Waals surface area contributed by atoms with E-state index in [1.165, 1.54) is 0 Å². The highest BCUT2D eigenvalue weighted by Gasteiger charge is 2.32. The molecule has 6 nitrogen and oxygen atoms in total. The Kier molecular flexibility index (Phi) is 3.93. The molecule has 1 aliphatic heterocycles. The normalized spacial score (nSPS) is 15.8. The Morgan fingerprint density at radius 1 is 1.13 bits per heavy atom. The van der Waals surface area contributed by atoms with Crippen molar-refractivity contribution in [2.45, 2.75) is 6.18 Å². The van der Waals surface area contributed by atoms with Crippen molar-refractivity contribution in [1.82, 2.24) is 19.9 Å². The molecule has 1 aliphatic rings. The highest BCUT2D eigenvalue weighted by Crippen LogP contribution is 2.28. The molecule has 9 heteroatoms. The second-order valence-electron chi connectivity index (χ2n) is 5.15. The van der Waals surface area contributed by atoms with Crippen LogP contribution >= 0.6 is 0 Å². The molecule has 0 bridgehead atoms. The maximum absolute atomic E-state index is 12.5. The van der Waals surface area contributed by atoms with Gasteiger partial charge in [-0.05, 0) is 6.07 Å². The summed E-state index contributed by atoms with van der Waals surface area (Å²) in [6.45, 7) is 1.88. The minimum absolute atomic E-state index is 0.0702. The Hall–Kier alpha value is -2.58. The number of nitrogens with zero attached hydrogens (tertiary/aromatic N) is 4. The van der Waals surface area contributed by atoms with Gasteiger partial charge in [-0.1, -0.05) is 0 Å². The number of carbonyl (C=O) groups excluding carboxylic acids is 1. The highest BCUT2D eigenvalue weighted by atomic mass is 19.4. The van der Waals surface area contributed by atoms with Crippen LogP contribution in [0.4, 0.5) is 19.1 Å². The fourth-order valence-electron chi connectivity index (χ4n) is 2.38. The smallest absolute Gasteiger partial charge is 0.367 e. The lowest BCUT2D eigenvalue weighted by Crippen LogP contribution is -2.49. The Morgan fingerprint density at radius 2 is 1.78 bits per heavy atom. The van der Waals surface area contributed by atoms with Crippen molar-refractivity contribution >= 4 is 11.9 Å². The zero-order chi connectivity index (χ0) is 16.4.